The lowest BCUT2D eigenvalue weighted by molar-refractivity contribution is 0.0719. The zero-order valence-corrected chi connectivity index (χ0v) is 17.3. The van der Waals surface area contributed by atoms with Gasteiger partial charge in [-0.1, -0.05) is 6.42 Å². The van der Waals surface area contributed by atoms with Crippen molar-refractivity contribution in [1.29, 1.82) is 0 Å². The molecule has 1 amide bonds. The summed E-state index contributed by atoms with van der Waals surface area (Å²) in [6, 6.07) is 6.82. The number of carbonyl (C=O) groups is 1. The molecule has 0 aliphatic carbocycles. The number of nitrogens with zero attached hydrogens (tertiary/aromatic N) is 3. The van der Waals surface area contributed by atoms with E-state index in [9.17, 15) is 13.2 Å². The predicted octanol–water partition coefficient (Wildman–Crippen LogP) is 2.90. The lowest BCUT2D eigenvalue weighted by Crippen LogP contribution is -2.41. The van der Waals surface area contributed by atoms with E-state index in [1.165, 1.54) is 9.21 Å². The van der Waals surface area contributed by atoms with Crippen molar-refractivity contribution in [3.63, 3.8) is 0 Å². The third kappa shape index (κ3) is 5.40. The second-order valence-corrected chi connectivity index (χ2v) is 9.33. The topological polar surface area (TPSA) is 83.7 Å². The van der Waals surface area contributed by atoms with Crippen LogP contribution >= 0.6 is 15.9 Å². The summed E-state index contributed by atoms with van der Waals surface area (Å²) in [5.74, 6) is -0.274. The first-order chi connectivity index (χ1) is 13.0. The van der Waals surface area contributed by atoms with Gasteiger partial charge < -0.3 is 9.32 Å². The number of carbonyl (C=O) groups excluding carboxylic acids is 1. The molecule has 0 unspecified atom stereocenters. The fourth-order valence-corrected chi connectivity index (χ4v) is 4.87. The molecule has 0 radical (unpaired) electrons. The van der Waals surface area contributed by atoms with Crippen LogP contribution in [0, 0.1) is 0 Å². The van der Waals surface area contributed by atoms with Gasteiger partial charge in [-0.15, -0.1) is 0 Å². The standard InChI is InChI=1S/C18H22BrN3O4S/c19-17-5-4-16(26-17)18(23)21(14-15-6-8-20-9-7-15)12-13-27(24,25)22-10-2-1-3-11-22/h4-9H,1-3,10-14H2. The molecule has 2 aromatic rings. The highest BCUT2D eigenvalue weighted by Gasteiger charge is 2.27. The van der Waals surface area contributed by atoms with Gasteiger partial charge in [0.1, 0.15) is 0 Å². The van der Waals surface area contributed by atoms with E-state index in [1.807, 2.05) is 0 Å². The van der Waals surface area contributed by atoms with E-state index in [-0.39, 0.29) is 30.5 Å². The molecular formula is C18H22BrN3O4S. The zero-order chi connectivity index (χ0) is 19.3. The van der Waals surface area contributed by atoms with Gasteiger partial charge in [0.25, 0.3) is 5.91 Å². The number of hydrogen-bond donors (Lipinski definition) is 0. The number of rotatable bonds is 7. The molecule has 0 spiro atoms. The summed E-state index contributed by atoms with van der Waals surface area (Å²) in [6.45, 7) is 1.50. The fourth-order valence-electron chi connectivity index (χ4n) is 3.04. The number of sulfonamides is 1. The van der Waals surface area contributed by atoms with Crippen molar-refractivity contribution in [3.8, 4) is 0 Å². The van der Waals surface area contributed by atoms with Gasteiger partial charge >= 0.3 is 0 Å². The van der Waals surface area contributed by atoms with Gasteiger partial charge in [-0.2, -0.15) is 0 Å². The van der Waals surface area contributed by atoms with Crippen molar-refractivity contribution in [3.05, 3.63) is 52.7 Å². The Labute approximate surface area is 167 Å². The Morgan fingerprint density at radius 1 is 1.15 bits per heavy atom. The molecule has 27 heavy (non-hydrogen) atoms. The average Bonchev–Trinajstić information content (AvgIpc) is 3.12. The SMILES string of the molecule is O=C(c1ccc(Br)o1)N(CCS(=O)(=O)N1CCCCC1)Cc1ccncc1. The molecule has 3 heterocycles. The largest absolute Gasteiger partial charge is 0.444 e. The minimum atomic E-state index is -3.39. The summed E-state index contributed by atoms with van der Waals surface area (Å²) in [7, 11) is -3.39. The minimum Gasteiger partial charge on any atom is -0.444 e. The average molecular weight is 456 g/mol. The number of piperidine rings is 1. The normalized spacial score (nSPS) is 15.6. The van der Waals surface area contributed by atoms with Crippen molar-refractivity contribution >= 4 is 31.9 Å². The number of aromatic nitrogens is 1. The van der Waals surface area contributed by atoms with Crippen LogP contribution in [-0.2, 0) is 16.6 Å². The summed E-state index contributed by atoms with van der Waals surface area (Å²) in [5.41, 5.74) is 0.874. The number of amides is 1. The first kappa shape index (κ1) is 20.0. The van der Waals surface area contributed by atoms with Crippen LogP contribution in [-0.4, -0.2) is 53.9 Å². The molecule has 0 bridgehead atoms. The molecule has 9 heteroatoms. The van der Waals surface area contributed by atoms with Crippen molar-refractivity contribution in [2.24, 2.45) is 0 Å². The quantitative estimate of drug-likeness (QED) is 0.640. The monoisotopic (exact) mass is 455 g/mol. The van der Waals surface area contributed by atoms with Crippen LogP contribution in [0.3, 0.4) is 0 Å². The first-order valence-corrected chi connectivity index (χ1v) is 11.3. The highest BCUT2D eigenvalue weighted by molar-refractivity contribution is 9.10. The van der Waals surface area contributed by atoms with Crippen molar-refractivity contribution in [1.82, 2.24) is 14.2 Å². The van der Waals surface area contributed by atoms with Crippen LogP contribution in [0.4, 0.5) is 0 Å². The predicted molar refractivity (Wildman–Crippen MR) is 105 cm³/mol. The number of furan rings is 1. The Morgan fingerprint density at radius 3 is 2.48 bits per heavy atom. The maximum Gasteiger partial charge on any atom is 0.289 e. The maximum absolute atomic E-state index is 12.8. The summed E-state index contributed by atoms with van der Waals surface area (Å²) >= 11 is 3.19. The van der Waals surface area contributed by atoms with E-state index in [0.29, 0.717) is 17.8 Å². The van der Waals surface area contributed by atoms with E-state index < -0.39 is 10.0 Å². The molecule has 7 nitrogen and oxygen atoms in total. The Bertz CT molecular complexity index is 864. The Kier molecular flexibility index (Phi) is 6.67. The summed E-state index contributed by atoms with van der Waals surface area (Å²) < 4.78 is 32.7. The summed E-state index contributed by atoms with van der Waals surface area (Å²) in [5, 5.41) is 0. The molecule has 3 rings (SSSR count). The number of pyridine rings is 1. The van der Waals surface area contributed by atoms with Crippen LogP contribution in [0.5, 0.6) is 0 Å². The maximum atomic E-state index is 12.8. The number of hydrogen-bond acceptors (Lipinski definition) is 5. The number of halogens is 1. The highest BCUT2D eigenvalue weighted by Crippen LogP contribution is 2.18. The molecule has 1 fully saturated rings. The van der Waals surface area contributed by atoms with Crippen LogP contribution in [0.25, 0.3) is 0 Å². The summed E-state index contributed by atoms with van der Waals surface area (Å²) in [4.78, 5) is 18.3. The Balaban J connectivity index is 1.73. The zero-order valence-electron chi connectivity index (χ0n) is 14.9. The fraction of sp³-hybridized carbons (Fsp3) is 0.444. The smallest absolute Gasteiger partial charge is 0.289 e. The van der Waals surface area contributed by atoms with Gasteiger partial charge in [0.05, 0.1) is 5.75 Å². The second kappa shape index (κ2) is 8.99. The molecule has 2 aromatic heterocycles. The van der Waals surface area contributed by atoms with Gasteiger partial charge in [-0.05, 0) is 58.6 Å². The van der Waals surface area contributed by atoms with Crippen molar-refractivity contribution in [2.75, 3.05) is 25.4 Å². The second-order valence-electron chi connectivity index (χ2n) is 6.46. The van der Waals surface area contributed by atoms with E-state index in [2.05, 4.69) is 20.9 Å². The highest BCUT2D eigenvalue weighted by atomic mass is 79.9. The van der Waals surface area contributed by atoms with Crippen LogP contribution in [0.2, 0.25) is 0 Å². The van der Waals surface area contributed by atoms with Crippen LogP contribution < -0.4 is 0 Å². The molecule has 146 valence electrons. The molecular weight excluding hydrogens is 434 g/mol. The molecule has 1 aliphatic heterocycles. The van der Waals surface area contributed by atoms with E-state index >= 15 is 0 Å². The molecule has 0 saturated carbocycles. The van der Waals surface area contributed by atoms with Crippen LogP contribution in [0.15, 0.2) is 45.7 Å². The van der Waals surface area contributed by atoms with E-state index in [1.54, 1.807) is 36.7 Å². The van der Waals surface area contributed by atoms with Gasteiger partial charge in [0, 0.05) is 38.6 Å². The Hall–Kier alpha value is -1.71. The van der Waals surface area contributed by atoms with Gasteiger partial charge in [-0.25, -0.2) is 12.7 Å². The molecule has 1 saturated heterocycles. The molecule has 0 atom stereocenters. The van der Waals surface area contributed by atoms with Crippen LogP contribution in [0.1, 0.15) is 35.4 Å². The minimum absolute atomic E-state index is 0.0955. The van der Waals surface area contributed by atoms with Crippen molar-refractivity contribution < 1.29 is 17.6 Å². The lowest BCUT2D eigenvalue weighted by atomic mass is 10.2. The van der Waals surface area contributed by atoms with Crippen molar-refractivity contribution in [2.45, 2.75) is 25.8 Å². The third-order valence-corrected chi connectivity index (χ3v) is 6.80. The summed E-state index contributed by atoms with van der Waals surface area (Å²) in [6.07, 6.45) is 6.13. The van der Waals surface area contributed by atoms with E-state index in [4.69, 9.17) is 4.42 Å². The molecule has 0 N–H and O–H groups in total. The first-order valence-electron chi connectivity index (χ1n) is 8.87. The van der Waals surface area contributed by atoms with E-state index in [0.717, 1.165) is 24.8 Å². The van der Waals surface area contributed by atoms with Gasteiger partial charge in [-0.3, -0.25) is 9.78 Å². The van der Waals surface area contributed by atoms with Gasteiger partial charge in [0.15, 0.2) is 10.4 Å². The lowest BCUT2D eigenvalue weighted by Gasteiger charge is -2.28. The van der Waals surface area contributed by atoms with Gasteiger partial charge in [0.2, 0.25) is 10.0 Å². The Morgan fingerprint density at radius 2 is 1.85 bits per heavy atom. The molecule has 1 aliphatic rings. The third-order valence-electron chi connectivity index (χ3n) is 4.52. The molecule has 0 aromatic carbocycles.